The molecule has 3 rings (SSSR count). The second-order valence-electron chi connectivity index (χ2n) is 7.17. The average Bonchev–Trinajstić information content (AvgIpc) is 2.74. The van der Waals surface area contributed by atoms with Gasteiger partial charge in [-0.25, -0.2) is 8.42 Å². The summed E-state index contributed by atoms with van der Waals surface area (Å²) in [7, 11) is -1.98. The largest absolute Gasteiger partial charge is 0.491 e. The molecule has 6 nitrogen and oxygen atoms in total. The molecule has 31 heavy (non-hydrogen) atoms. The molecule has 0 N–H and O–H groups in total. The van der Waals surface area contributed by atoms with E-state index in [9.17, 15) is 21.6 Å². The summed E-state index contributed by atoms with van der Waals surface area (Å²) < 4.78 is 73.9. The van der Waals surface area contributed by atoms with Crippen LogP contribution in [0.5, 0.6) is 11.5 Å². The molecule has 1 aliphatic rings. The highest BCUT2D eigenvalue weighted by Crippen LogP contribution is 2.34. The van der Waals surface area contributed by atoms with E-state index in [1.807, 2.05) is 11.9 Å². The molecular formula is C21H25F3N2O4S. The van der Waals surface area contributed by atoms with Crippen molar-refractivity contribution in [3.63, 3.8) is 0 Å². The van der Waals surface area contributed by atoms with Crippen LogP contribution in [0.3, 0.4) is 0 Å². The summed E-state index contributed by atoms with van der Waals surface area (Å²) >= 11 is 0. The molecule has 0 unspecified atom stereocenters. The van der Waals surface area contributed by atoms with E-state index in [4.69, 9.17) is 4.74 Å². The Labute approximate surface area is 180 Å². The lowest BCUT2D eigenvalue weighted by Gasteiger charge is -2.35. The number of hydrogen-bond donors (Lipinski definition) is 0. The second kappa shape index (κ2) is 10.2. The van der Waals surface area contributed by atoms with E-state index in [-0.39, 0.29) is 28.6 Å². The maximum Gasteiger partial charge on any atom is 0.387 e. The number of piperazine rings is 1. The highest BCUT2D eigenvalue weighted by atomic mass is 32.2. The fourth-order valence-electron chi connectivity index (χ4n) is 3.27. The first-order valence-corrected chi connectivity index (χ1v) is 11.4. The van der Waals surface area contributed by atoms with Gasteiger partial charge >= 0.3 is 6.61 Å². The Bertz CT molecular complexity index is 980. The number of anilines is 1. The predicted molar refractivity (Wildman–Crippen MR) is 111 cm³/mol. The number of rotatable bonds is 9. The molecule has 1 aliphatic heterocycles. The minimum absolute atomic E-state index is 0.00784. The lowest BCUT2D eigenvalue weighted by Crippen LogP contribution is -2.44. The van der Waals surface area contributed by atoms with E-state index < -0.39 is 23.1 Å². The van der Waals surface area contributed by atoms with Crippen molar-refractivity contribution < 1.29 is 31.1 Å². The van der Waals surface area contributed by atoms with Gasteiger partial charge in [-0.05, 0) is 43.4 Å². The Hall–Kier alpha value is -2.46. The number of halogens is 3. The van der Waals surface area contributed by atoms with Gasteiger partial charge in [0.25, 0.3) is 0 Å². The van der Waals surface area contributed by atoms with E-state index in [1.165, 1.54) is 30.3 Å². The number of likely N-dealkylation sites (N-methyl/N-ethyl adjacent to an activating group) is 1. The fraction of sp³-hybridized carbons (Fsp3) is 0.429. The summed E-state index contributed by atoms with van der Waals surface area (Å²) in [5.41, 5.74) is 0.605. The zero-order valence-electron chi connectivity index (χ0n) is 17.1. The van der Waals surface area contributed by atoms with Gasteiger partial charge in [0.15, 0.2) is 0 Å². The van der Waals surface area contributed by atoms with Gasteiger partial charge in [0, 0.05) is 32.6 Å². The van der Waals surface area contributed by atoms with Crippen LogP contribution in [0.15, 0.2) is 52.3 Å². The number of benzene rings is 2. The van der Waals surface area contributed by atoms with Crippen LogP contribution in [0, 0.1) is 0 Å². The van der Waals surface area contributed by atoms with Crippen LogP contribution >= 0.6 is 0 Å². The third-order valence-corrected chi connectivity index (χ3v) is 6.71. The van der Waals surface area contributed by atoms with Crippen molar-refractivity contribution in [3.8, 4) is 11.5 Å². The summed E-state index contributed by atoms with van der Waals surface area (Å²) in [6.07, 6.45) is 0.235. The van der Waals surface area contributed by atoms with E-state index in [2.05, 4.69) is 9.64 Å². The van der Waals surface area contributed by atoms with Crippen molar-refractivity contribution >= 4 is 15.5 Å². The maximum absolute atomic E-state index is 13.2. The Morgan fingerprint density at radius 3 is 2.42 bits per heavy atom. The van der Waals surface area contributed by atoms with Crippen molar-refractivity contribution in [2.75, 3.05) is 51.4 Å². The molecule has 0 radical (unpaired) electrons. The molecule has 0 aliphatic carbocycles. The van der Waals surface area contributed by atoms with Crippen molar-refractivity contribution in [2.24, 2.45) is 0 Å². The molecule has 0 amide bonds. The highest BCUT2D eigenvalue weighted by molar-refractivity contribution is 7.91. The smallest absolute Gasteiger partial charge is 0.387 e. The van der Waals surface area contributed by atoms with Crippen molar-refractivity contribution in [1.82, 2.24) is 4.90 Å². The lowest BCUT2D eigenvalue weighted by atomic mass is 10.2. The van der Waals surface area contributed by atoms with Crippen LogP contribution in [0.2, 0.25) is 0 Å². The first-order chi connectivity index (χ1) is 14.8. The molecule has 0 atom stereocenters. The molecular weight excluding hydrogens is 432 g/mol. The number of hydrogen-bond acceptors (Lipinski definition) is 6. The summed E-state index contributed by atoms with van der Waals surface area (Å²) in [4.78, 5) is 4.05. The van der Waals surface area contributed by atoms with Crippen molar-refractivity contribution in [1.29, 1.82) is 0 Å². The minimum atomic E-state index is -3.99. The summed E-state index contributed by atoms with van der Waals surface area (Å²) in [6, 6.07) is 9.49. The minimum Gasteiger partial charge on any atom is -0.491 e. The van der Waals surface area contributed by atoms with Crippen molar-refractivity contribution in [2.45, 2.75) is 22.8 Å². The number of nitrogens with zero attached hydrogens (tertiary/aromatic N) is 2. The van der Waals surface area contributed by atoms with E-state index in [1.54, 1.807) is 6.07 Å². The standard InChI is InChI=1S/C21H25F3N2O4S/c1-25-9-11-26(12-10-25)19-15-18(6-7-20(19)29-13-3-8-22)31(27,28)17-5-2-4-16(14-17)30-21(23)24/h2,4-7,14-15,21H,3,8-13H2,1H3/i22-1. The van der Waals surface area contributed by atoms with Crippen LogP contribution < -0.4 is 14.4 Å². The summed E-state index contributed by atoms with van der Waals surface area (Å²) in [5, 5.41) is 0. The third kappa shape index (κ3) is 5.82. The van der Waals surface area contributed by atoms with E-state index in [0.717, 1.165) is 19.2 Å². The normalized spacial score (nSPS) is 15.3. The second-order valence-corrected chi connectivity index (χ2v) is 9.12. The molecule has 0 bridgehead atoms. The average molecular weight is 458 g/mol. The van der Waals surface area contributed by atoms with Gasteiger partial charge in [0.05, 0.1) is 28.8 Å². The van der Waals surface area contributed by atoms with Crippen LogP contribution in [-0.2, 0) is 9.84 Å². The maximum atomic E-state index is 13.2. The number of ether oxygens (including phenoxy) is 2. The monoisotopic (exact) mass is 457 g/mol. The zero-order chi connectivity index (χ0) is 22.4. The molecule has 10 heteroatoms. The lowest BCUT2D eigenvalue weighted by molar-refractivity contribution is -0.0499. The summed E-state index contributed by atoms with van der Waals surface area (Å²) in [6.45, 7) is -0.428. The molecule has 1 heterocycles. The molecule has 2 aromatic rings. The van der Waals surface area contributed by atoms with Crippen LogP contribution in [0.4, 0.5) is 18.9 Å². The fourth-order valence-corrected chi connectivity index (χ4v) is 4.59. The van der Waals surface area contributed by atoms with E-state index >= 15 is 0 Å². The van der Waals surface area contributed by atoms with E-state index in [0.29, 0.717) is 24.5 Å². The molecule has 2 aromatic carbocycles. The zero-order valence-corrected chi connectivity index (χ0v) is 18.0. The van der Waals surface area contributed by atoms with Gasteiger partial charge in [-0.3, -0.25) is 4.39 Å². The van der Waals surface area contributed by atoms with Gasteiger partial charge in [-0.1, -0.05) is 6.07 Å². The number of sulfone groups is 1. The Balaban J connectivity index is 1.95. The molecule has 1 fully saturated rings. The third-order valence-electron chi connectivity index (χ3n) is 4.96. The Kier molecular flexibility index (Phi) is 7.66. The first kappa shape index (κ1) is 23.2. The Morgan fingerprint density at radius 2 is 1.74 bits per heavy atom. The topological polar surface area (TPSA) is 59.1 Å². The first-order valence-electron chi connectivity index (χ1n) is 9.87. The van der Waals surface area contributed by atoms with Gasteiger partial charge < -0.3 is 19.3 Å². The summed E-state index contributed by atoms with van der Waals surface area (Å²) in [5.74, 6) is 0.244. The van der Waals surface area contributed by atoms with Gasteiger partial charge in [0.2, 0.25) is 9.84 Å². The molecule has 0 aromatic heterocycles. The van der Waals surface area contributed by atoms with Gasteiger partial charge in [0.1, 0.15) is 11.5 Å². The van der Waals surface area contributed by atoms with Gasteiger partial charge in [-0.2, -0.15) is 8.78 Å². The van der Waals surface area contributed by atoms with Crippen LogP contribution in [0.1, 0.15) is 6.42 Å². The highest BCUT2D eigenvalue weighted by Gasteiger charge is 2.24. The molecule has 1 saturated heterocycles. The van der Waals surface area contributed by atoms with Crippen LogP contribution in [0.25, 0.3) is 0 Å². The SMILES string of the molecule is CN1CCN(c2cc(S(=O)(=O)c3cccc(OC(F)F)c3)ccc2OCCC[18F])CC1. The Morgan fingerprint density at radius 1 is 1.03 bits per heavy atom. The predicted octanol–water partition coefficient (Wildman–Crippen LogP) is 3.61. The van der Waals surface area contributed by atoms with Gasteiger partial charge in [-0.15, -0.1) is 0 Å². The number of alkyl halides is 3. The van der Waals surface area contributed by atoms with Crippen LogP contribution in [-0.4, -0.2) is 66.4 Å². The molecule has 0 spiro atoms. The molecule has 170 valence electrons. The van der Waals surface area contributed by atoms with Crippen molar-refractivity contribution in [3.05, 3.63) is 42.5 Å². The molecule has 0 saturated carbocycles. The quantitative estimate of drug-likeness (QED) is 0.537.